The Hall–Kier alpha value is -2.54. The number of carbonyl (C=O) groups is 1. The molecule has 0 aromatic heterocycles. The van der Waals surface area contributed by atoms with Gasteiger partial charge >= 0.3 is 0 Å². The molecule has 0 fully saturated rings. The first-order valence-electron chi connectivity index (χ1n) is 10.2. The van der Waals surface area contributed by atoms with Gasteiger partial charge in [-0.3, -0.25) is 9.10 Å². The Morgan fingerprint density at radius 1 is 1.10 bits per heavy atom. The van der Waals surface area contributed by atoms with Crippen LogP contribution in [0.2, 0.25) is 0 Å². The fourth-order valence-electron chi connectivity index (χ4n) is 3.32. The highest BCUT2D eigenvalue weighted by Crippen LogP contribution is 2.24. The predicted octanol–water partition coefficient (Wildman–Crippen LogP) is 4.13. The Kier molecular flexibility index (Phi) is 8.29. The monoisotopic (exact) mass is 432 g/mol. The molecule has 0 spiro atoms. The van der Waals surface area contributed by atoms with Crippen molar-refractivity contribution in [3.63, 3.8) is 0 Å². The summed E-state index contributed by atoms with van der Waals surface area (Å²) in [7, 11) is -3.63. The number of amides is 1. The maximum atomic E-state index is 12.8. The van der Waals surface area contributed by atoms with Gasteiger partial charge in [0, 0.05) is 0 Å². The van der Waals surface area contributed by atoms with Crippen LogP contribution in [0.1, 0.15) is 49.4 Å². The zero-order chi connectivity index (χ0) is 22.3. The number of hydrogen-bond acceptors (Lipinski definition) is 4. The lowest BCUT2D eigenvalue weighted by Gasteiger charge is -2.25. The highest BCUT2D eigenvalue weighted by molar-refractivity contribution is 7.92. The van der Waals surface area contributed by atoms with Crippen molar-refractivity contribution >= 4 is 21.6 Å². The van der Waals surface area contributed by atoms with Gasteiger partial charge in [0.2, 0.25) is 15.9 Å². The number of rotatable bonds is 10. The topological polar surface area (TPSA) is 75.7 Å². The lowest BCUT2D eigenvalue weighted by atomic mass is 9.97. The van der Waals surface area contributed by atoms with Gasteiger partial charge in [0.25, 0.3) is 0 Å². The summed E-state index contributed by atoms with van der Waals surface area (Å²) >= 11 is 0. The van der Waals surface area contributed by atoms with E-state index < -0.39 is 10.0 Å². The molecule has 30 heavy (non-hydrogen) atoms. The Bertz CT molecular complexity index is 956. The molecule has 0 saturated carbocycles. The van der Waals surface area contributed by atoms with Crippen molar-refractivity contribution in [1.29, 1.82) is 0 Å². The number of anilines is 1. The summed E-state index contributed by atoms with van der Waals surface area (Å²) in [5.41, 5.74) is 3.73. The number of hydrogen-bond donors (Lipinski definition) is 1. The van der Waals surface area contributed by atoms with Crippen LogP contribution in [0.25, 0.3) is 0 Å². The smallest absolute Gasteiger partial charge is 0.241 e. The molecular weight excluding hydrogens is 400 g/mol. The third-order valence-electron chi connectivity index (χ3n) is 4.83. The summed E-state index contributed by atoms with van der Waals surface area (Å²) < 4.78 is 31.4. The van der Waals surface area contributed by atoms with Crippen LogP contribution in [0, 0.1) is 13.8 Å². The van der Waals surface area contributed by atoms with Gasteiger partial charge in [-0.1, -0.05) is 37.6 Å². The highest BCUT2D eigenvalue weighted by atomic mass is 32.2. The number of carbonyl (C=O) groups excluding carboxylic acids is 1. The highest BCUT2D eigenvalue weighted by Gasteiger charge is 2.23. The number of aryl methyl sites for hydroxylation is 2. The van der Waals surface area contributed by atoms with Crippen molar-refractivity contribution in [3.8, 4) is 5.75 Å². The van der Waals surface area contributed by atoms with E-state index in [1.165, 1.54) is 0 Å². The Morgan fingerprint density at radius 3 is 2.30 bits per heavy atom. The normalized spacial score (nSPS) is 12.3. The molecule has 0 aliphatic rings. The van der Waals surface area contributed by atoms with Crippen LogP contribution < -0.4 is 14.4 Å². The molecule has 0 heterocycles. The maximum Gasteiger partial charge on any atom is 0.241 e. The first kappa shape index (κ1) is 23.7. The fraction of sp³-hybridized carbons (Fsp3) is 0.435. The molecule has 6 nitrogen and oxygen atoms in total. The minimum atomic E-state index is -3.63. The van der Waals surface area contributed by atoms with Crippen LogP contribution in [-0.2, 0) is 14.8 Å². The third-order valence-corrected chi connectivity index (χ3v) is 5.97. The van der Waals surface area contributed by atoms with Crippen molar-refractivity contribution in [2.24, 2.45) is 0 Å². The molecule has 7 heteroatoms. The van der Waals surface area contributed by atoms with E-state index in [-0.39, 0.29) is 18.5 Å². The molecule has 1 amide bonds. The van der Waals surface area contributed by atoms with Crippen molar-refractivity contribution in [2.75, 3.05) is 23.7 Å². The molecule has 0 radical (unpaired) electrons. The van der Waals surface area contributed by atoms with Gasteiger partial charge in [-0.15, -0.1) is 0 Å². The van der Waals surface area contributed by atoms with Gasteiger partial charge in [0.05, 0.1) is 24.6 Å². The molecule has 0 aliphatic carbocycles. The minimum absolute atomic E-state index is 0.177. The van der Waals surface area contributed by atoms with E-state index in [4.69, 9.17) is 4.74 Å². The molecule has 1 atom stereocenters. The van der Waals surface area contributed by atoms with Crippen LogP contribution in [0.5, 0.6) is 5.75 Å². The number of nitrogens with zero attached hydrogens (tertiary/aromatic N) is 1. The van der Waals surface area contributed by atoms with Crippen molar-refractivity contribution < 1.29 is 17.9 Å². The zero-order valence-electron chi connectivity index (χ0n) is 18.4. The lowest BCUT2D eigenvalue weighted by Crippen LogP contribution is -2.41. The molecule has 2 aromatic rings. The van der Waals surface area contributed by atoms with Crippen LogP contribution >= 0.6 is 0 Å². The van der Waals surface area contributed by atoms with Gasteiger partial charge in [-0.25, -0.2) is 8.42 Å². The number of benzene rings is 2. The Balaban J connectivity index is 2.17. The maximum absolute atomic E-state index is 12.8. The minimum Gasteiger partial charge on any atom is -0.494 e. The van der Waals surface area contributed by atoms with E-state index in [1.54, 1.807) is 24.3 Å². The lowest BCUT2D eigenvalue weighted by molar-refractivity contribution is -0.120. The van der Waals surface area contributed by atoms with Gasteiger partial charge in [-0.2, -0.15) is 0 Å². The zero-order valence-corrected chi connectivity index (χ0v) is 19.3. The summed E-state index contributed by atoms with van der Waals surface area (Å²) in [6.45, 7) is 8.36. The third kappa shape index (κ3) is 6.49. The molecule has 1 N–H and O–H groups in total. The van der Waals surface area contributed by atoms with E-state index in [2.05, 4.69) is 11.4 Å². The molecule has 0 saturated heterocycles. The van der Waals surface area contributed by atoms with Crippen molar-refractivity contribution in [1.82, 2.24) is 5.32 Å². The van der Waals surface area contributed by atoms with Crippen LogP contribution in [0.3, 0.4) is 0 Å². The van der Waals surface area contributed by atoms with Crippen LogP contribution in [0.4, 0.5) is 5.69 Å². The summed E-state index contributed by atoms with van der Waals surface area (Å²) in [5.74, 6) is 0.318. The van der Waals surface area contributed by atoms with E-state index in [0.717, 1.165) is 33.7 Å². The predicted molar refractivity (Wildman–Crippen MR) is 122 cm³/mol. The van der Waals surface area contributed by atoms with Crippen LogP contribution in [-0.4, -0.2) is 33.7 Å². The molecule has 0 aliphatic heterocycles. The van der Waals surface area contributed by atoms with E-state index in [1.807, 2.05) is 39.8 Å². The average molecular weight is 433 g/mol. The summed E-state index contributed by atoms with van der Waals surface area (Å²) in [4.78, 5) is 12.8. The van der Waals surface area contributed by atoms with Crippen molar-refractivity contribution in [3.05, 3.63) is 59.2 Å². The quantitative estimate of drug-likeness (QED) is 0.613. The molecule has 0 unspecified atom stereocenters. The molecule has 0 bridgehead atoms. The van der Waals surface area contributed by atoms with Crippen molar-refractivity contribution in [2.45, 2.75) is 46.6 Å². The SMILES string of the molecule is CCCOc1ccc(N(CC(=O)N[C@H](CC)c2ccc(C)cc2C)S(C)(=O)=O)cc1. The fourth-order valence-corrected chi connectivity index (χ4v) is 4.17. The average Bonchev–Trinajstić information content (AvgIpc) is 2.69. The summed E-state index contributed by atoms with van der Waals surface area (Å²) in [6, 6.07) is 12.7. The van der Waals surface area contributed by atoms with Gasteiger partial charge in [0.15, 0.2) is 0 Å². The number of sulfonamides is 1. The van der Waals surface area contributed by atoms with E-state index in [9.17, 15) is 13.2 Å². The Labute approximate surface area is 180 Å². The first-order valence-corrected chi connectivity index (χ1v) is 12.1. The summed E-state index contributed by atoms with van der Waals surface area (Å²) in [5, 5.41) is 2.99. The molecule has 2 aromatic carbocycles. The van der Waals surface area contributed by atoms with Gasteiger partial charge < -0.3 is 10.1 Å². The number of nitrogens with one attached hydrogen (secondary N) is 1. The second-order valence-corrected chi connectivity index (χ2v) is 9.41. The number of ether oxygens (including phenoxy) is 1. The largest absolute Gasteiger partial charge is 0.494 e. The summed E-state index contributed by atoms with van der Waals surface area (Å²) in [6.07, 6.45) is 2.69. The molecular formula is C23H32N2O4S. The standard InChI is InChI=1S/C23H32N2O4S/c1-6-14-29-20-11-9-19(10-12-20)25(30(5,27)28)16-23(26)24-22(7-2)21-13-8-17(3)15-18(21)4/h8-13,15,22H,6-7,14,16H2,1-5H3,(H,24,26)/t22-/m1/s1. The van der Waals surface area contributed by atoms with E-state index >= 15 is 0 Å². The molecule has 2 rings (SSSR count). The first-order chi connectivity index (χ1) is 14.2. The van der Waals surface area contributed by atoms with Crippen LogP contribution in [0.15, 0.2) is 42.5 Å². The molecule has 164 valence electrons. The van der Waals surface area contributed by atoms with E-state index in [0.29, 0.717) is 24.5 Å². The second-order valence-electron chi connectivity index (χ2n) is 7.50. The van der Waals surface area contributed by atoms with Gasteiger partial charge in [0.1, 0.15) is 12.3 Å². The Morgan fingerprint density at radius 2 is 1.77 bits per heavy atom. The second kappa shape index (κ2) is 10.5. The van der Waals surface area contributed by atoms with Gasteiger partial charge in [-0.05, 0) is 62.1 Å².